The van der Waals surface area contributed by atoms with Crippen LogP contribution in [-0.4, -0.2) is 33.5 Å². The average molecular weight is 491 g/mol. The first-order valence-electron chi connectivity index (χ1n) is 9.22. The number of benzene rings is 2. The Balaban J connectivity index is 1.54. The molecule has 0 aliphatic rings. The van der Waals surface area contributed by atoms with E-state index in [1.807, 2.05) is 61.9 Å². The lowest BCUT2D eigenvalue weighted by Gasteiger charge is -2.10. The van der Waals surface area contributed by atoms with E-state index >= 15 is 0 Å². The number of aryl methyl sites for hydroxylation is 2. The van der Waals surface area contributed by atoms with Gasteiger partial charge in [-0.2, -0.15) is 0 Å². The summed E-state index contributed by atoms with van der Waals surface area (Å²) in [5.74, 6) is 2.27. The van der Waals surface area contributed by atoms with Crippen molar-refractivity contribution in [2.24, 2.45) is 7.05 Å². The lowest BCUT2D eigenvalue weighted by molar-refractivity contribution is -0.113. The van der Waals surface area contributed by atoms with Gasteiger partial charge in [-0.25, -0.2) is 0 Å². The summed E-state index contributed by atoms with van der Waals surface area (Å²) in [6.45, 7) is 4.32. The number of nitrogens with zero attached hydrogens (tertiary/aromatic N) is 3. The molecule has 0 saturated carbocycles. The highest BCUT2D eigenvalue weighted by molar-refractivity contribution is 9.10. The molecule has 0 unspecified atom stereocenters. The molecule has 0 radical (unpaired) electrons. The summed E-state index contributed by atoms with van der Waals surface area (Å²) in [7, 11) is 3.47. The highest BCUT2D eigenvalue weighted by atomic mass is 79.9. The van der Waals surface area contributed by atoms with Crippen LogP contribution in [0.25, 0.3) is 0 Å². The van der Waals surface area contributed by atoms with Crippen LogP contribution in [0.3, 0.4) is 0 Å². The molecule has 0 aliphatic carbocycles. The van der Waals surface area contributed by atoms with Crippen LogP contribution in [0.1, 0.15) is 17.0 Å². The topological polar surface area (TPSA) is 78.3 Å². The molecule has 3 rings (SSSR count). The van der Waals surface area contributed by atoms with Gasteiger partial charge in [-0.1, -0.05) is 11.8 Å². The number of halogens is 1. The predicted molar refractivity (Wildman–Crippen MR) is 121 cm³/mol. The van der Waals surface area contributed by atoms with Crippen LogP contribution in [0.5, 0.6) is 11.5 Å². The van der Waals surface area contributed by atoms with E-state index in [9.17, 15) is 4.79 Å². The first-order valence-corrected chi connectivity index (χ1v) is 11.0. The molecule has 1 amide bonds. The molecule has 1 heterocycles. The number of hydrogen-bond acceptors (Lipinski definition) is 6. The first-order chi connectivity index (χ1) is 14.4. The van der Waals surface area contributed by atoms with Crippen LogP contribution in [0.4, 0.5) is 5.69 Å². The lowest BCUT2D eigenvalue weighted by atomic mass is 10.1. The van der Waals surface area contributed by atoms with Crippen molar-refractivity contribution >= 4 is 39.3 Å². The smallest absolute Gasteiger partial charge is 0.234 e. The number of anilines is 1. The van der Waals surface area contributed by atoms with Gasteiger partial charge >= 0.3 is 0 Å². The summed E-state index contributed by atoms with van der Waals surface area (Å²) in [5, 5.41) is 11.9. The number of rotatable bonds is 8. The van der Waals surface area contributed by atoms with E-state index in [-0.39, 0.29) is 18.3 Å². The third-order valence-corrected chi connectivity index (χ3v) is 6.22. The Labute approximate surface area is 188 Å². The fourth-order valence-corrected chi connectivity index (χ4v) is 3.90. The number of nitrogens with one attached hydrogen (secondary N) is 1. The molecule has 3 aromatic rings. The second-order valence-corrected chi connectivity index (χ2v) is 8.47. The molecule has 0 aliphatic heterocycles. The zero-order valence-corrected chi connectivity index (χ0v) is 19.6. The molecule has 1 aromatic heterocycles. The second kappa shape index (κ2) is 9.99. The monoisotopic (exact) mass is 490 g/mol. The van der Waals surface area contributed by atoms with Crippen molar-refractivity contribution in [3.63, 3.8) is 0 Å². The molecule has 0 spiro atoms. The van der Waals surface area contributed by atoms with Crippen LogP contribution in [0, 0.1) is 13.8 Å². The third-order valence-electron chi connectivity index (χ3n) is 4.54. The Morgan fingerprint density at radius 1 is 1.13 bits per heavy atom. The molecular formula is C21H23BrN4O3S. The highest BCUT2D eigenvalue weighted by Gasteiger charge is 2.13. The molecule has 0 atom stereocenters. The number of hydrogen-bond donors (Lipinski definition) is 1. The van der Waals surface area contributed by atoms with Gasteiger partial charge in [0.15, 0.2) is 11.0 Å². The fourth-order valence-electron chi connectivity index (χ4n) is 2.61. The number of carbonyl (C=O) groups excluding carboxylic acids is 1. The van der Waals surface area contributed by atoms with E-state index < -0.39 is 0 Å². The maximum atomic E-state index is 12.4. The molecule has 2 aromatic carbocycles. The van der Waals surface area contributed by atoms with E-state index in [1.165, 1.54) is 11.8 Å². The summed E-state index contributed by atoms with van der Waals surface area (Å²) in [6.07, 6.45) is 0. The Bertz CT molecular complexity index is 1040. The second-order valence-electron chi connectivity index (χ2n) is 6.68. The zero-order chi connectivity index (χ0) is 21.7. The molecule has 30 heavy (non-hydrogen) atoms. The Hall–Kier alpha value is -2.52. The average Bonchev–Trinajstić information content (AvgIpc) is 3.09. The summed E-state index contributed by atoms with van der Waals surface area (Å²) in [4.78, 5) is 12.4. The molecule has 158 valence electrons. The first kappa shape index (κ1) is 22.2. The van der Waals surface area contributed by atoms with Crippen molar-refractivity contribution < 1.29 is 14.3 Å². The highest BCUT2D eigenvalue weighted by Crippen LogP contribution is 2.26. The zero-order valence-electron chi connectivity index (χ0n) is 17.2. The molecule has 1 N–H and O–H groups in total. The molecule has 0 bridgehead atoms. The van der Waals surface area contributed by atoms with Crippen molar-refractivity contribution in [1.29, 1.82) is 0 Å². The van der Waals surface area contributed by atoms with Gasteiger partial charge in [-0.3, -0.25) is 4.79 Å². The van der Waals surface area contributed by atoms with Crippen molar-refractivity contribution in [2.75, 3.05) is 18.2 Å². The van der Waals surface area contributed by atoms with E-state index in [2.05, 4.69) is 31.4 Å². The van der Waals surface area contributed by atoms with E-state index in [0.717, 1.165) is 27.0 Å². The minimum Gasteiger partial charge on any atom is -0.497 e. The van der Waals surface area contributed by atoms with Crippen LogP contribution < -0.4 is 14.8 Å². The maximum absolute atomic E-state index is 12.4. The quantitative estimate of drug-likeness (QED) is 0.467. The van der Waals surface area contributed by atoms with Gasteiger partial charge in [0.25, 0.3) is 0 Å². The van der Waals surface area contributed by atoms with Crippen LogP contribution in [-0.2, 0) is 18.4 Å². The predicted octanol–water partition coefficient (Wildman–Crippen LogP) is 4.51. The number of thioether (sulfide) groups is 1. The third kappa shape index (κ3) is 5.54. The molecule has 7 nitrogen and oxygen atoms in total. The van der Waals surface area contributed by atoms with Crippen molar-refractivity contribution in [2.45, 2.75) is 25.6 Å². The van der Waals surface area contributed by atoms with Crippen molar-refractivity contribution in [3.8, 4) is 11.5 Å². The summed E-state index contributed by atoms with van der Waals surface area (Å²) in [5.41, 5.74) is 3.05. The van der Waals surface area contributed by atoms with Gasteiger partial charge in [0, 0.05) is 11.5 Å². The summed E-state index contributed by atoms with van der Waals surface area (Å²) >= 11 is 4.82. The van der Waals surface area contributed by atoms with Gasteiger partial charge in [-0.15, -0.1) is 10.2 Å². The number of methoxy groups -OCH3 is 1. The normalized spacial score (nSPS) is 10.7. The minimum atomic E-state index is -0.108. The van der Waals surface area contributed by atoms with Crippen LogP contribution >= 0.6 is 27.7 Å². The molecular weight excluding hydrogens is 468 g/mol. The minimum absolute atomic E-state index is 0.108. The Kier molecular flexibility index (Phi) is 7.38. The van der Waals surface area contributed by atoms with Gasteiger partial charge in [-0.05, 0) is 77.3 Å². The largest absolute Gasteiger partial charge is 0.497 e. The van der Waals surface area contributed by atoms with Crippen LogP contribution in [0.15, 0.2) is 46.0 Å². The van der Waals surface area contributed by atoms with Crippen molar-refractivity contribution in [1.82, 2.24) is 14.8 Å². The van der Waals surface area contributed by atoms with E-state index in [4.69, 9.17) is 9.47 Å². The number of aromatic nitrogens is 3. The fraction of sp³-hybridized carbons (Fsp3) is 0.286. The summed E-state index contributed by atoms with van der Waals surface area (Å²) in [6, 6.07) is 11.3. The SMILES string of the molecule is COc1ccc(OCc2nnc(SCC(=O)Nc3cc(C)c(C)cc3Br)n2C)cc1. The van der Waals surface area contributed by atoms with Gasteiger partial charge in [0.05, 0.1) is 18.6 Å². The van der Waals surface area contributed by atoms with E-state index in [0.29, 0.717) is 16.7 Å². The van der Waals surface area contributed by atoms with Crippen LogP contribution in [0.2, 0.25) is 0 Å². The number of carbonyl (C=O) groups is 1. The molecule has 0 saturated heterocycles. The van der Waals surface area contributed by atoms with Gasteiger partial charge < -0.3 is 19.4 Å². The number of amides is 1. The Morgan fingerprint density at radius 3 is 2.50 bits per heavy atom. The molecule has 0 fully saturated rings. The Morgan fingerprint density at radius 2 is 1.80 bits per heavy atom. The standard InChI is InChI=1S/C21H23BrN4O3S/c1-13-9-17(22)18(10-14(13)2)23-20(27)12-30-21-25-24-19(26(21)3)11-29-16-7-5-15(28-4)6-8-16/h5-10H,11-12H2,1-4H3,(H,23,27). The maximum Gasteiger partial charge on any atom is 0.234 e. The van der Waals surface area contributed by atoms with Gasteiger partial charge in [0.2, 0.25) is 5.91 Å². The lowest BCUT2D eigenvalue weighted by Crippen LogP contribution is -2.15. The van der Waals surface area contributed by atoms with Gasteiger partial charge in [0.1, 0.15) is 18.1 Å². The van der Waals surface area contributed by atoms with Crippen molar-refractivity contribution in [3.05, 3.63) is 57.8 Å². The molecule has 9 heteroatoms. The number of ether oxygens (including phenoxy) is 2. The van der Waals surface area contributed by atoms with E-state index in [1.54, 1.807) is 7.11 Å². The summed E-state index contributed by atoms with van der Waals surface area (Å²) < 4.78 is 13.6.